The second-order valence-electron chi connectivity index (χ2n) is 4.78. The van der Waals surface area contributed by atoms with E-state index < -0.39 is 0 Å². The van der Waals surface area contributed by atoms with E-state index in [1.807, 2.05) is 0 Å². The maximum Gasteiger partial charge on any atom is 0.264 e. The van der Waals surface area contributed by atoms with Crippen LogP contribution in [0.4, 0.5) is 5.69 Å². The van der Waals surface area contributed by atoms with Gasteiger partial charge in [0.05, 0.1) is 10.6 Å². The number of nitrogens with one attached hydrogen (secondary N) is 1. The van der Waals surface area contributed by atoms with Crippen LogP contribution in [0.25, 0.3) is 6.08 Å². The number of carbonyl (C=O) groups is 1. The minimum atomic E-state index is -0.289. The summed E-state index contributed by atoms with van der Waals surface area (Å²) in [6.45, 7) is 0. The van der Waals surface area contributed by atoms with Crippen molar-refractivity contribution in [1.82, 2.24) is 5.32 Å². The third-order valence-electron chi connectivity index (χ3n) is 3.06. The van der Waals surface area contributed by atoms with E-state index in [2.05, 4.69) is 26.2 Å². The molecule has 2 aromatic carbocycles. The molecular weight excluding hydrogens is 435 g/mol. The summed E-state index contributed by atoms with van der Waals surface area (Å²) < 4.78 is 0.724. The van der Waals surface area contributed by atoms with Gasteiger partial charge in [-0.05, 0) is 70.2 Å². The first-order valence-corrected chi connectivity index (χ1v) is 9.02. The summed E-state index contributed by atoms with van der Waals surface area (Å²) in [4.78, 5) is 16.9. The third kappa shape index (κ3) is 3.95. The number of aliphatic imine (C=N–C) groups is 1. The number of hydrogen-bond acceptors (Lipinski definition) is 4. The summed E-state index contributed by atoms with van der Waals surface area (Å²) in [7, 11) is 0. The summed E-state index contributed by atoms with van der Waals surface area (Å²) >= 11 is 16.4. The number of amidine groups is 1. The van der Waals surface area contributed by atoms with Gasteiger partial charge in [0.2, 0.25) is 0 Å². The van der Waals surface area contributed by atoms with E-state index in [9.17, 15) is 9.90 Å². The molecule has 1 saturated heterocycles. The van der Waals surface area contributed by atoms with Gasteiger partial charge in [-0.1, -0.05) is 23.2 Å². The van der Waals surface area contributed by atoms with Gasteiger partial charge in [-0.2, -0.15) is 0 Å². The molecule has 0 aromatic heterocycles. The smallest absolute Gasteiger partial charge is 0.264 e. The van der Waals surface area contributed by atoms with Gasteiger partial charge in [0.25, 0.3) is 5.91 Å². The minimum absolute atomic E-state index is 0.0473. The van der Waals surface area contributed by atoms with Gasteiger partial charge in [-0.25, -0.2) is 4.99 Å². The highest BCUT2D eigenvalue weighted by Crippen LogP contribution is 2.33. The standard InChI is InChI=1S/C16H9BrCl2N2O2S/c17-11-7-10(19)1-3-12(11)20-16-21-15(23)14(24-16)6-8-5-9(18)2-4-13(8)22/h1-7,22H,(H,20,21,23). The van der Waals surface area contributed by atoms with Gasteiger partial charge in [0, 0.05) is 20.1 Å². The molecule has 0 bridgehead atoms. The Balaban J connectivity index is 1.89. The molecule has 2 aromatic rings. The fourth-order valence-electron chi connectivity index (χ4n) is 1.94. The van der Waals surface area contributed by atoms with Gasteiger partial charge in [-0.3, -0.25) is 4.79 Å². The Morgan fingerprint density at radius 3 is 2.62 bits per heavy atom. The molecule has 1 amide bonds. The Bertz CT molecular complexity index is 900. The van der Waals surface area contributed by atoms with E-state index in [0.29, 0.717) is 31.4 Å². The first kappa shape index (κ1) is 17.4. The van der Waals surface area contributed by atoms with E-state index in [1.54, 1.807) is 36.4 Å². The van der Waals surface area contributed by atoms with Crippen LogP contribution in [0.5, 0.6) is 5.75 Å². The molecule has 4 nitrogen and oxygen atoms in total. The average Bonchev–Trinajstić information content (AvgIpc) is 2.86. The minimum Gasteiger partial charge on any atom is -0.507 e. The van der Waals surface area contributed by atoms with Crippen LogP contribution >= 0.6 is 50.9 Å². The van der Waals surface area contributed by atoms with E-state index >= 15 is 0 Å². The van der Waals surface area contributed by atoms with E-state index in [0.717, 1.165) is 4.47 Å². The average molecular weight is 444 g/mol. The zero-order chi connectivity index (χ0) is 17.3. The number of hydrogen-bond donors (Lipinski definition) is 2. The summed E-state index contributed by atoms with van der Waals surface area (Å²) in [6.07, 6.45) is 1.57. The molecule has 0 saturated carbocycles. The number of amides is 1. The highest BCUT2D eigenvalue weighted by molar-refractivity contribution is 9.10. The topological polar surface area (TPSA) is 61.7 Å². The Morgan fingerprint density at radius 1 is 1.17 bits per heavy atom. The summed E-state index contributed by atoms with van der Waals surface area (Å²) in [5.74, 6) is -0.241. The summed E-state index contributed by atoms with van der Waals surface area (Å²) in [5.41, 5.74) is 1.11. The molecule has 0 atom stereocenters. The number of halogens is 3. The number of aromatic hydroxyl groups is 1. The number of benzene rings is 2. The molecule has 0 spiro atoms. The van der Waals surface area contributed by atoms with Crippen LogP contribution in [-0.2, 0) is 4.79 Å². The van der Waals surface area contributed by atoms with Crippen molar-refractivity contribution < 1.29 is 9.90 Å². The largest absolute Gasteiger partial charge is 0.507 e. The molecule has 3 rings (SSSR count). The van der Waals surface area contributed by atoms with Crippen molar-refractivity contribution >= 4 is 73.7 Å². The monoisotopic (exact) mass is 442 g/mol. The first-order chi connectivity index (χ1) is 11.4. The van der Waals surface area contributed by atoms with Crippen molar-refractivity contribution in [1.29, 1.82) is 0 Å². The van der Waals surface area contributed by atoms with Gasteiger partial charge in [-0.15, -0.1) is 0 Å². The van der Waals surface area contributed by atoms with E-state index in [1.165, 1.54) is 17.8 Å². The van der Waals surface area contributed by atoms with Crippen molar-refractivity contribution in [2.45, 2.75) is 0 Å². The maximum atomic E-state index is 12.1. The van der Waals surface area contributed by atoms with Gasteiger partial charge < -0.3 is 10.4 Å². The van der Waals surface area contributed by atoms with E-state index in [4.69, 9.17) is 23.2 Å². The molecule has 1 fully saturated rings. The lowest BCUT2D eigenvalue weighted by molar-refractivity contribution is -0.115. The molecule has 0 unspecified atom stereocenters. The number of carbonyl (C=O) groups excluding carboxylic acids is 1. The Morgan fingerprint density at radius 2 is 1.88 bits per heavy atom. The zero-order valence-corrected chi connectivity index (χ0v) is 15.8. The molecule has 0 aliphatic carbocycles. The third-order valence-corrected chi connectivity index (χ3v) is 5.07. The predicted molar refractivity (Wildman–Crippen MR) is 103 cm³/mol. The molecule has 122 valence electrons. The fraction of sp³-hybridized carbons (Fsp3) is 0. The molecular formula is C16H9BrCl2N2O2S. The van der Waals surface area contributed by atoms with Gasteiger partial charge in [0.1, 0.15) is 5.75 Å². The van der Waals surface area contributed by atoms with Crippen molar-refractivity contribution in [3.63, 3.8) is 0 Å². The normalized spacial score (nSPS) is 17.5. The molecule has 1 aliphatic heterocycles. The van der Waals surface area contributed by atoms with Crippen molar-refractivity contribution in [3.05, 3.63) is 61.4 Å². The summed E-state index contributed by atoms with van der Waals surface area (Å²) in [5, 5.41) is 14.0. The maximum absolute atomic E-state index is 12.1. The Kier molecular flexibility index (Phi) is 5.20. The van der Waals surface area contributed by atoms with E-state index in [-0.39, 0.29) is 11.7 Å². The Hall–Kier alpha value is -1.47. The Labute approximate surface area is 160 Å². The molecule has 8 heteroatoms. The molecule has 0 radical (unpaired) electrons. The second-order valence-corrected chi connectivity index (χ2v) is 7.54. The predicted octanol–water partition coefficient (Wildman–Crippen LogP) is 5.35. The summed E-state index contributed by atoms with van der Waals surface area (Å²) in [6, 6.07) is 9.83. The SMILES string of the molecule is O=C1NC(=Nc2ccc(Cl)cc2Br)SC1=Cc1cc(Cl)ccc1O. The van der Waals surface area contributed by atoms with Crippen LogP contribution in [0.2, 0.25) is 10.0 Å². The van der Waals surface area contributed by atoms with Crippen molar-refractivity contribution in [2.75, 3.05) is 0 Å². The lowest BCUT2D eigenvalue weighted by Gasteiger charge is -2.00. The number of rotatable bonds is 2. The second kappa shape index (κ2) is 7.19. The lowest BCUT2D eigenvalue weighted by Crippen LogP contribution is -2.19. The number of thioether (sulfide) groups is 1. The van der Waals surface area contributed by atoms with Crippen LogP contribution in [0.3, 0.4) is 0 Å². The van der Waals surface area contributed by atoms with Crippen molar-refractivity contribution in [2.24, 2.45) is 4.99 Å². The quantitative estimate of drug-likeness (QED) is 0.614. The number of phenolic OH excluding ortho intramolecular Hbond substituents is 1. The molecule has 1 heterocycles. The van der Waals surface area contributed by atoms with Crippen LogP contribution in [0.1, 0.15) is 5.56 Å². The number of phenols is 1. The van der Waals surface area contributed by atoms with Crippen LogP contribution < -0.4 is 5.32 Å². The number of nitrogens with zero attached hydrogens (tertiary/aromatic N) is 1. The van der Waals surface area contributed by atoms with Gasteiger partial charge >= 0.3 is 0 Å². The molecule has 2 N–H and O–H groups in total. The van der Waals surface area contributed by atoms with Crippen LogP contribution in [0, 0.1) is 0 Å². The van der Waals surface area contributed by atoms with Crippen LogP contribution in [0.15, 0.2) is 50.8 Å². The van der Waals surface area contributed by atoms with Gasteiger partial charge in [0.15, 0.2) is 5.17 Å². The highest BCUT2D eigenvalue weighted by Gasteiger charge is 2.24. The highest BCUT2D eigenvalue weighted by atomic mass is 79.9. The van der Waals surface area contributed by atoms with Crippen LogP contribution in [-0.4, -0.2) is 16.2 Å². The zero-order valence-electron chi connectivity index (χ0n) is 11.9. The van der Waals surface area contributed by atoms with Crippen molar-refractivity contribution in [3.8, 4) is 5.75 Å². The fourth-order valence-corrected chi connectivity index (χ4v) is 3.72. The molecule has 24 heavy (non-hydrogen) atoms. The first-order valence-electron chi connectivity index (χ1n) is 6.65. The lowest BCUT2D eigenvalue weighted by atomic mass is 10.2. The molecule has 1 aliphatic rings.